The molecule has 0 aliphatic rings. The third-order valence-electron chi connectivity index (χ3n) is 3.14. The molecule has 0 fully saturated rings. The first kappa shape index (κ1) is 12.8. The van der Waals surface area contributed by atoms with E-state index in [0.717, 1.165) is 6.07 Å². The van der Waals surface area contributed by atoms with Gasteiger partial charge in [0.1, 0.15) is 0 Å². The predicted octanol–water partition coefficient (Wildman–Crippen LogP) is 4.58. The topological polar surface area (TPSA) is 32.9 Å². The third kappa shape index (κ3) is 1.89. The lowest BCUT2D eigenvalue weighted by atomic mass is 10.1. The first-order chi connectivity index (χ1) is 9.61. The van der Waals surface area contributed by atoms with Crippen LogP contribution < -0.4 is 0 Å². The monoisotopic (exact) mass is 291 g/mol. The molecule has 3 aromatic rings. The number of carbonyl (C=O) groups excluding carboxylic acids is 1. The molecule has 0 saturated heterocycles. The number of fused-ring (bicyclic) bond motifs is 1. The molecule has 1 N–H and O–H groups in total. The second-order valence-electron chi connectivity index (χ2n) is 4.32. The van der Waals surface area contributed by atoms with E-state index in [1.807, 2.05) is 0 Å². The maximum atomic E-state index is 13.9. The summed E-state index contributed by atoms with van der Waals surface area (Å²) in [7, 11) is 0. The number of benzene rings is 2. The van der Waals surface area contributed by atoms with Crippen LogP contribution in [0.15, 0.2) is 36.4 Å². The number of carbonyl (C=O) groups is 1. The summed E-state index contributed by atoms with van der Waals surface area (Å²) in [5.74, 6) is -1.95. The van der Waals surface area contributed by atoms with Gasteiger partial charge in [-0.15, -0.1) is 0 Å². The molecule has 0 amide bonds. The molecule has 0 aliphatic heterocycles. The summed E-state index contributed by atoms with van der Waals surface area (Å²) in [6, 6.07) is 8.78. The van der Waals surface area contributed by atoms with Crippen LogP contribution in [0, 0.1) is 11.6 Å². The van der Waals surface area contributed by atoms with Crippen molar-refractivity contribution in [3.8, 4) is 11.3 Å². The lowest BCUT2D eigenvalue weighted by Gasteiger charge is -2.02. The fourth-order valence-electron chi connectivity index (χ4n) is 2.22. The lowest BCUT2D eigenvalue weighted by molar-refractivity contribution is 0.112. The van der Waals surface area contributed by atoms with Crippen LogP contribution in [0.4, 0.5) is 8.78 Å². The Morgan fingerprint density at radius 1 is 1.15 bits per heavy atom. The van der Waals surface area contributed by atoms with Crippen molar-refractivity contribution in [2.24, 2.45) is 0 Å². The summed E-state index contributed by atoms with van der Waals surface area (Å²) in [6.45, 7) is 0. The molecule has 0 saturated carbocycles. The smallest absolute Gasteiger partial charge is 0.168 e. The maximum absolute atomic E-state index is 13.9. The molecule has 1 aromatic heterocycles. The molecule has 100 valence electrons. The minimum atomic E-state index is -0.992. The van der Waals surface area contributed by atoms with Crippen molar-refractivity contribution in [2.45, 2.75) is 0 Å². The fraction of sp³-hybridized carbons (Fsp3) is 0. The number of H-pyrrole nitrogens is 1. The zero-order chi connectivity index (χ0) is 14.3. The third-order valence-corrected chi connectivity index (χ3v) is 3.37. The molecule has 0 atom stereocenters. The first-order valence-electron chi connectivity index (χ1n) is 5.82. The Morgan fingerprint density at radius 3 is 2.70 bits per heavy atom. The number of hydrogen-bond donors (Lipinski definition) is 1. The molecule has 0 aliphatic carbocycles. The van der Waals surface area contributed by atoms with Crippen LogP contribution in [0.3, 0.4) is 0 Å². The summed E-state index contributed by atoms with van der Waals surface area (Å²) in [5, 5.41) is 1.04. The van der Waals surface area contributed by atoms with Gasteiger partial charge in [0, 0.05) is 27.1 Å². The Kier molecular flexibility index (Phi) is 3.03. The second kappa shape index (κ2) is 4.72. The number of aromatic amines is 1. The molecule has 2 aromatic carbocycles. The maximum Gasteiger partial charge on any atom is 0.168 e. The molecule has 0 unspecified atom stereocenters. The van der Waals surface area contributed by atoms with Crippen LogP contribution in [-0.4, -0.2) is 11.3 Å². The largest absolute Gasteiger partial charge is 0.354 e. The summed E-state index contributed by atoms with van der Waals surface area (Å²) in [5.41, 5.74) is 1.15. The van der Waals surface area contributed by atoms with Gasteiger partial charge in [-0.05, 0) is 30.3 Å². The van der Waals surface area contributed by atoms with Crippen LogP contribution >= 0.6 is 11.6 Å². The second-order valence-corrected chi connectivity index (χ2v) is 4.76. The van der Waals surface area contributed by atoms with E-state index in [-0.39, 0.29) is 16.8 Å². The first-order valence-corrected chi connectivity index (χ1v) is 6.20. The zero-order valence-electron chi connectivity index (χ0n) is 10.1. The van der Waals surface area contributed by atoms with Gasteiger partial charge in [0.15, 0.2) is 17.9 Å². The normalized spacial score (nSPS) is 10.9. The molecule has 3 rings (SSSR count). The highest BCUT2D eigenvalue weighted by atomic mass is 35.5. The number of rotatable bonds is 2. The van der Waals surface area contributed by atoms with Gasteiger partial charge >= 0.3 is 0 Å². The number of nitrogens with one attached hydrogen (secondary N) is 1. The van der Waals surface area contributed by atoms with Gasteiger partial charge in [0.25, 0.3) is 0 Å². The van der Waals surface area contributed by atoms with Crippen LogP contribution in [0.25, 0.3) is 22.2 Å². The molecule has 5 heteroatoms. The van der Waals surface area contributed by atoms with Crippen LogP contribution in [0.5, 0.6) is 0 Å². The standard InChI is InChI=1S/C15H8ClF2NO/c16-8-4-5-13-10(6-8)11(7-20)15(19-13)9-2-1-3-12(17)14(9)18/h1-7,19H. The van der Waals surface area contributed by atoms with Gasteiger partial charge in [-0.1, -0.05) is 17.7 Å². The van der Waals surface area contributed by atoms with E-state index in [2.05, 4.69) is 4.98 Å². The number of halogens is 3. The molecule has 1 heterocycles. The Bertz CT molecular complexity index is 826. The number of hydrogen-bond acceptors (Lipinski definition) is 1. The van der Waals surface area contributed by atoms with E-state index in [1.54, 1.807) is 18.2 Å². The highest BCUT2D eigenvalue weighted by molar-refractivity contribution is 6.31. The van der Waals surface area contributed by atoms with Crippen LogP contribution in [-0.2, 0) is 0 Å². The van der Waals surface area contributed by atoms with E-state index in [4.69, 9.17) is 11.6 Å². The summed E-state index contributed by atoms with van der Waals surface area (Å²) < 4.78 is 27.2. The van der Waals surface area contributed by atoms with Crippen molar-refractivity contribution >= 4 is 28.8 Å². The minimum absolute atomic E-state index is 0.0134. The molecular weight excluding hydrogens is 284 g/mol. The summed E-state index contributed by atoms with van der Waals surface area (Å²) in [6.07, 6.45) is 0.606. The van der Waals surface area contributed by atoms with E-state index in [1.165, 1.54) is 12.1 Å². The van der Waals surface area contributed by atoms with Crippen molar-refractivity contribution in [2.75, 3.05) is 0 Å². The van der Waals surface area contributed by atoms with Gasteiger partial charge in [-0.2, -0.15) is 0 Å². The molecule has 0 bridgehead atoms. The van der Waals surface area contributed by atoms with Crippen molar-refractivity contribution in [1.82, 2.24) is 4.98 Å². The van der Waals surface area contributed by atoms with Crippen LogP contribution in [0.1, 0.15) is 10.4 Å². The Morgan fingerprint density at radius 2 is 1.95 bits per heavy atom. The summed E-state index contributed by atoms with van der Waals surface area (Å²) in [4.78, 5) is 14.2. The molecule has 0 spiro atoms. The van der Waals surface area contributed by atoms with Gasteiger partial charge in [0.05, 0.1) is 5.69 Å². The van der Waals surface area contributed by atoms with E-state index >= 15 is 0 Å². The van der Waals surface area contributed by atoms with Gasteiger partial charge in [-0.25, -0.2) is 8.78 Å². The van der Waals surface area contributed by atoms with Crippen molar-refractivity contribution in [1.29, 1.82) is 0 Å². The molecular formula is C15H8ClF2NO. The van der Waals surface area contributed by atoms with Gasteiger partial charge < -0.3 is 4.98 Å². The van der Waals surface area contributed by atoms with Crippen molar-refractivity contribution in [3.05, 3.63) is 58.6 Å². The number of aromatic nitrogens is 1. The van der Waals surface area contributed by atoms with Crippen LogP contribution in [0.2, 0.25) is 5.02 Å². The predicted molar refractivity (Wildman–Crippen MR) is 74.0 cm³/mol. The fourth-order valence-corrected chi connectivity index (χ4v) is 2.39. The Balaban J connectivity index is 2.36. The number of aldehydes is 1. The quantitative estimate of drug-likeness (QED) is 0.689. The average Bonchev–Trinajstić information content (AvgIpc) is 2.79. The van der Waals surface area contributed by atoms with E-state index in [0.29, 0.717) is 22.2 Å². The SMILES string of the molecule is O=Cc1c(-c2cccc(F)c2F)[nH]c2ccc(Cl)cc12. The Hall–Kier alpha value is -2.20. The van der Waals surface area contributed by atoms with Gasteiger partial charge in [-0.3, -0.25) is 4.79 Å². The molecule has 0 radical (unpaired) electrons. The van der Waals surface area contributed by atoms with Crippen molar-refractivity contribution < 1.29 is 13.6 Å². The van der Waals surface area contributed by atoms with Gasteiger partial charge in [0.2, 0.25) is 0 Å². The summed E-state index contributed by atoms with van der Waals surface area (Å²) >= 11 is 5.90. The average molecular weight is 292 g/mol. The zero-order valence-corrected chi connectivity index (χ0v) is 10.8. The highest BCUT2D eigenvalue weighted by Gasteiger charge is 2.17. The van der Waals surface area contributed by atoms with Crippen molar-refractivity contribution in [3.63, 3.8) is 0 Å². The molecule has 20 heavy (non-hydrogen) atoms. The van der Waals surface area contributed by atoms with E-state index < -0.39 is 11.6 Å². The minimum Gasteiger partial charge on any atom is -0.354 e. The molecule has 2 nitrogen and oxygen atoms in total. The lowest BCUT2D eigenvalue weighted by Crippen LogP contribution is -1.92. The Labute approximate surface area is 118 Å². The highest BCUT2D eigenvalue weighted by Crippen LogP contribution is 2.32. The van der Waals surface area contributed by atoms with E-state index in [9.17, 15) is 13.6 Å².